The molecule has 0 bridgehead atoms. The summed E-state index contributed by atoms with van der Waals surface area (Å²) in [6.07, 6.45) is 12.9. The van der Waals surface area contributed by atoms with Crippen molar-refractivity contribution >= 4 is 5.69 Å². The summed E-state index contributed by atoms with van der Waals surface area (Å²) < 4.78 is 8.30. The summed E-state index contributed by atoms with van der Waals surface area (Å²) in [5, 5.41) is 16.7. The molecule has 3 aromatic rings. The number of rotatable bonds is 8. The molecule has 10 heteroatoms. The van der Waals surface area contributed by atoms with Gasteiger partial charge in [-0.25, -0.2) is 9.36 Å². The maximum absolute atomic E-state index is 13.0. The fraction of sp³-hybridized carbons (Fsp3) is 0.542. The molecule has 1 saturated carbocycles. The molecule has 0 aromatic carbocycles. The van der Waals surface area contributed by atoms with Crippen LogP contribution in [0.3, 0.4) is 0 Å². The molecule has 4 heterocycles. The van der Waals surface area contributed by atoms with Crippen molar-refractivity contribution in [3.8, 4) is 17.0 Å². The van der Waals surface area contributed by atoms with E-state index in [0.717, 1.165) is 43.2 Å². The van der Waals surface area contributed by atoms with E-state index in [2.05, 4.69) is 30.6 Å². The van der Waals surface area contributed by atoms with Crippen LogP contribution in [0.1, 0.15) is 45.2 Å². The van der Waals surface area contributed by atoms with Crippen molar-refractivity contribution in [3.63, 3.8) is 0 Å². The van der Waals surface area contributed by atoms with Crippen molar-refractivity contribution in [2.45, 2.75) is 51.2 Å². The zero-order valence-corrected chi connectivity index (χ0v) is 19.8. The van der Waals surface area contributed by atoms with Gasteiger partial charge in [0.15, 0.2) is 0 Å². The Kier molecular flexibility index (Phi) is 6.57. The van der Waals surface area contributed by atoms with Gasteiger partial charge >= 0.3 is 0 Å². The highest BCUT2D eigenvalue weighted by Gasteiger charge is 2.24. The van der Waals surface area contributed by atoms with Crippen molar-refractivity contribution in [3.05, 3.63) is 47.3 Å². The lowest BCUT2D eigenvalue weighted by molar-refractivity contribution is 0.280. The lowest BCUT2D eigenvalue weighted by Gasteiger charge is -2.36. The average Bonchev–Trinajstić information content (AvgIpc) is 3.33. The van der Waals surface area contributed by atoms with Crippen LogP contribution in [0, 0.1) is 5.92 Å². The lowest BCUT2D eigenvalue weighted by Crippen LogP contribution is -2.48. The van der Waals surface area contributed by atoms with E-state index < -0.39 is 6.17 Å². The third kappa shape index (κ3) is 4.82. The number of hydrogen-bond donors (Lipinski definition) is 1. The average molecular weight is 465 g/mol. The van der Waals surface area contributed by atoms with Crippen LogP contribution in [0.15, 0.2) is 41.7 Å². The Morgan fingerprint density at radius 2 is 2.06 bits per heavy atom. The number of nitrogens with zero attached hydrogens (tertiary/aromatic N) is 7. The summed E-state index contributed by atoms with van der Waals surface area (Å²) in [5.41, 5.74) is 2.16. The number of pyridine rings is 1. The van der Waals surface area contributed by atoms with Crippen LogP contribution in [0.4, 0.5) is 5.69 Å². The Morgan fingerprint density at radius 3 is 2.82 bits per heavy atom. The number of methoxy groups -OCH3 is 1. The van der Waals surface area contributed by atoms with E-state index in [9.17, 15) is 4.79 Å². The van der Waals surface area contributed by atoms with Gasteiger partial charge in [-0.2, -0.15) is 5.10 Å². The summed E-state index contributed by atoms with van der Waals surface area (Å²) >= 11 is 0. The van der Waals surface area contributed by atoms with Crippen LogP contribution in [0.25, 0.3) is 11.3 Å². The largest absolute Gasteiger partial charge is 0.495 e. The maximum Gasteiger partial charge on any atom is 0.270 e. The first-order valence-electron chi connectivity index (χ1n) is 12.1. The quantitative estimate of drug-likeness (QED) is 0.542. The fourth-order valence-corrected chi connectivity index (χ4v) is 4.64. The highest BCUT2D eigenvalue weighted by atomic mass is 16.5. The molecule has 180 valence electrons. The molecule has 10 nitrogen and oxygen atoms in total. The van der Waals surface area contributed by atoms with Gasteiger partial charge in [0.05, 0.1) is 31.4 Å². The Labute approximate surface area is 198 Å². The number of ether oxygens (including phenoxy) is 1. The van der Waals surface area contributed by atoms with Crippen molar-refractivity contribution in [2.75, 3.05) is 31.6 Å². The van der Waals surface area contributed by atoms with Crippen LogP contribution >= 0.6 is 0 Å². The second-order valence-corrected chi connectivity index (χ2v) is 9.32. The molecule has 2 aliphatic rings. The molecular formula is C24H32N8O2. The lowest BCUT2D eigenvalue weighted by atomic mass is 9.85. The van der Waals surface area contributed by atoms with E-state index in [1.54, 1.807) is 42.6 Å². The third-order valence-electron chi connectivity index (χ3n) is 7.01. The first-order valence-corrected chi connectivity index (χ1v) is 12.1. The van der Waals surface area contributed by atoms with Gasteiger partial charge in [-0.3, -0.25) is 9.78 Å². The molecule has 1 N–H and O–H groups in total. The van der Waals surface area contributed by atoms with Crippen LogP contribution in [-0.2, 0) is 0 Å². The van der Waals surface area contributed by atoms with Crippen molar-refractivity contribution in [2.24, 2.45) is 5.92 Å². The van der Waals surface area contributed by atoms with Crippen LogP contribution in [0.2, 0.25) is 0 Å². The van der Waals surface area contributed by atoms with Crippen LogP contribution in [-0.4, -0.2) is 62.5 Å². The SMILES string of the molecule is COc1cncc(-c2cn(C(C)n3ncc(N4CCC[C@@H](NCC5CCC5)C4)cc3=O)nn2)c1. The van der Waals surface area contributed by atoms with Crippen LogP contribution in [0.5, 0.6) is 5.75 Å². The molecule has 3 aromatic heterocycles. The molecule has 0 spiro atoms. The van der Waals surface area contributed by atoms with E-state index in [0.29, 0.717) is 17.5 Å². The smallest absolute Gasteiger partial charge is 0.270 e. The summed E-state index contributed by atoms with van der Waals surface area (Å²) in [7, 11) is 1.59. The molecule has 1 unspecified atom stereocenters. The zero-order valence-electron chi connectivity index (χ0n) is 19.8. The monoisotopic (exact) mass is 464 g/mol. The van der Waals surface area contributed by atoms with Crippen molar-refractivity contribution in [1.82, 2.24) is 35.1 Å². The van der Waals surface area contributed by atoms with Crippen LogP contribution < -0.4 is 20.5 Å². The molecule has 0 radical (unpaired) electrons. The minimum atomic E-state index is -0.417. The molecule has 1 aliphatic heterocycles. The van der Waals surface area contributed by atoms with Gasteiger partial charge < -0.3 is 15.0 Å². The Balaban J connectivity index is 1.27. The highest BCUT2D eigenvalue weighted by molar-refractivity contribution is 5.58. The van der Waals surface area contributed by atoms with Gasteiger partial charge in [-0.1, -0.05) is 11.6 Å². The fourth-order valence-electron chi connectivity index (χ4n) is 4.64. The second kappa shape index (κ2) is 9.92. The van der Waals surface area contributed by atoms with Crippen molar-refractivity contribution < 1.29 is 4.74 Å². The van der Waals surface area contributed by atoms with Gasteiger partial charge in [-0.15, -0.1) is 5.10 Å². The number of hydrogen-bond acceptors (Lipinski definition) is 8. The van der Waals surface area contributed by atoms with Gasteiger partial charge in [-0.05, 0) is 51.1 Å². The van der Waals surface area contributed by atoms with E-state index in [1.165, 1.54) is 30.4 Å². The summed E-state index contributed by atoms with van der Waals surface area (Å²) in [6, 6.07) is 4.00. The normalized spacial score (nSPS) is 19.6. The first kappa shape index (κ1) is 22.5. The number of piperidine rings is 1. The molecule has 5 rings (SSSR count). The van der Waals surface area contributed by atoms with E-state index >= 15 is 0 Å². The van der Waals surface area contributed by atoms with E-state index in [4.69, 9.17) is 4.74 Å². The molecular weight excluding hydrogens is 432 g/mol. The third-order valence-corrected chi connectivity index (χ3v) is 7.01. The van der Waals surface area contributed by atoms with Gasteiger partial charge in [0.25, 0.3) is 5.56 Å². The number of anilines is 1. The Bertz CT molecular complexity index is 1170. The van der Waals surface area contributed by atoms with Gasteiger partial charge in [0, 0.05) is 37.0 Å². The van der Waals surface area contributed by atoms with E-state index in [-0.39, 0.29) is 5.56 Å². The highest BCUT2D eigenvalue weighted by Crippen LogP contribution is 2.26. The molecule has 1 aliphatic carbocycles. The predicted molar refractivity (Wildman–Crippen MR) is 129 cm³/mol. The zero-order chi connectivity index (χ0) is 23.5. The summed E-state index contributed by atoms with van der Waals surface area (Å²) in [4.78, 5) is 19.4. The van der Waals surface area contributed by atoms with Gasteiger partial charge in [0.1, 0.15) is 17.6 Å². The molecule has 2 fully saturated rings. The van der Waals surface area contributed by atoms with Crippen molar-refractivity contribution in [1.29, 1.82) is 0 Å². The Morgan fingerprint density at radius 1 is 1.18 bits per heavy atom. The topological polar surface area (TPSA) is 103 Å². The number of nitrogens with one attached hydrogen (secondary N) is 1. The predicted octanol–water partition coefficient (Wildman–Crippen LogP) is 2.33. The number of aromatic nitrogens is 6. The minimum Gasteiger partial charge on any atom is -0.495 e. The molecule has 2 atom stereocenters. The van der Waals surface area contributed by atoms with E-state index in [1.807, 2.05) is 13.0 Å². The molecule has 1 saturated heterocycles. The second-order valence-electron chi connectivity index (χ2n) is 9.32. The first-order chi connectivity index (χ1) is 16.6. The summed E-state index contributed by atoms with van der Waals surface area (Å²) in [5.74, 6) is 1.49. The van der Waals surface area contributed by atoms with Gasteiger partial charge in [0.2, 0.25) is 0 Å². The molecule has 0 amide bonds. The maximum atomic E-state index is 13.0. The minimum absolute atomic E-state index is 0.158. The Hall–Kier alpha value is -3.27. The standard InChI is InChI=1S/C24H32N8O2/c1-17(31-16-23(28-29-31)19-9-22(34-2)14-25-12-19)32-24(33)10-21(13-27-32)30-8-4-7-20(15-30)26-11-18-5-3-6-18/h9-10,12-14,16-18,20,26H,3-8,11,15H2,1-2H3/t17?,20-/m1/s1. The summed E-state index contributed by atoms with van der Waals surface area (Å²) in [6.45, 7) is 4.84. The molecule has 34 heavy (non-hydrogen) atoms.